The lowest BCUT2D eigenvalue weighted by Crippen LogP contribution is -2.39. The van der Waals surface area contributed by atoms with Crippen LogP contribution in [0.2, 0.25) is 0 Å². The van der Waals surface area contributed by atoms with Gasteiger partial charge in [0.2, 0.25) is 10.0 Å². The molecule has 1 saturated heterocycles. The number of nitrogens with zero attached hydrogens (tertiary/aromatic N) is 2. The van der Waals surface area contributed by atoms with Crippen molar-refractivity contribution in [2.24, 2.45) is 0 Å². The minimum atomic E-state index is -3.35. The van der Waals surface area contributed by atoms with Gasteiger partial charge in [-0.1, -0.05) is 35.5 Å². The van der Waals surface area contributed by atoms with E-state index < -0.39 is 10.0 Å². The lowest BCUT2D eigenvalue weighted by atomic mass is 10.1. The first-order valence-corrected chi connectivity index (χ1v) is 9.34. The highest BCUT2D eigenvalue weighted by atomic mass is 32.2. The first kappa shape index (κ1) is 14.6. The molecule has 1 atom stereocenters. The van der Waals surface area contributed by atoms with Crippen LogP contribution in [0.25, 0.3) is 0 Å². The number of hydrogen-bond donors (Lipinski definition) is 0. The van der Waals surface area contributed by atoms with E-state index in [0.717, 1.165) is 5.75 Å². The third-order valence-corrected chi connectivity index (χ3v) is 6.44. The molecule has 0 N–H and O–H groups in total. The highest BCUT2D eigenvalue weighted by Crippen LogP contribution is 2.34. The van der Waals surface area contributed by atoms with E-state index in [9.17, 15) is 8.42 Å². The van der Waals surface area contributed by atoms with Crippen LogP contribution in [0, 0.1) is 0 Å². The summed E-state index contributed by atoms with van der Waals surface area (Å²) in [5, 5.41) is 3.87. The van der Waals surface area contributed by atoms with Crippen LogP contribution in [0.1, 0.15) is 16.5 Å². The Kier molecular flexibility index (Phi) is 4.32. The van der Waals surface area contributed by atoms with Crippen molar-refractivity contribution in [3.05, 3.63) is 53.9 Å². The Morgan fingerprint density at radius 2 is 2.10 bits per heavy atom. The van der Waals surface area contributed by atoms with Crippen LogP contribution in [0.3, 0.4) is 0 Å². The number of benzene rings is 1. The highest BCUT2D eigenvalue weighted by molar-refractivity contribution is 7.99. The number of aromatic nitrogens is 1. The van der Waals surface area contributed by atoms with E-state index in [-0.39, 0.29) is 11.0 Å². The lowest BCUT2D eigenvalue weighted by Gasteiger charge is -2.31. The molecule has 0 aliphatic carbocycles. The van der Waals surface area contributed by atoms with Crippen molar-refractivity contribution in [2.45, 2.75) is 11.0 Å². The van der Waals surface area contributed by atoms with Gasteiger partial charge in [-0.2, -0.15) is 16.1 Å². The standard InChI is InChI=1S/C14H16N2O3S2/c17-21(18,11-13-6-8-19-15-13)16-7-9-20-14(10-16)12-4-2-1-3-5-12/h1-6,8,14H,7,9-11H2/t14-/m0/s1. The van der Waals surface area contributed by atoms with E-state index >= 15 is 0 Å². The molecule has 1 aliphatic rings. The summed E-state index contributed by atoms with van der Waals surface area (Å²) >= 11 is 1.80. The van der Waals surface area contributed by atoms with Crippen molar-refractivity contribution in [2.75, 3.05) is 18.8 Å². The minimum absolute atomic E-state index is 0.102. The van der Waals surface area contributed by atoms with Gasteiger partial charge in [-0.25, -0.2) is 8.42 Å². The average molecular weight is 324 g/mol. The molecule has 2 heterocycles. The fourth-order valence-corrected chi connectivity index (χ4v) is 5.24. The van der Waals surface area contributed by atoms with Crippen molar-refractivity contribution >= 4 is 21.8 Å². The van der Waals surface area contributed by atoms with Crippen LogP contribution in [0.5, 0.6) is 0 Å². The number of thioether (sulfide) groups is 1. The smallest absolute Gasteiger partial charge is 0.220 e. The molecule has 5 nitrogen and oxygen atoms in total. The topological polar surface area (TPSA) is 63.4 Å². The fraction of sp³-hybridized carbons (Fsp3) is 0.357. The second kappa shape index (κ2) is 6.21. The average Bonchev–Trinajstić information content (AvgIpc) is 3.00. The lowest BCUT2D eigenvalue weighted by molar-refractivity contribution is 0.406. The van der Waals surface area contributed by atoms with Crippen LogP contribution in [-0.4, -0.2) is 36.7 Å². The third kappa shape index (κ3) is 3.48. The van der Waals surface area contributed by atoms with Gasteiger partial charge in [0.1, 0.15) is 12.0 Å². The fourth-order valence-electron chi connectivity index (χ4n) is 2.34. The van der Waals surface area contributed by atoms with Crippen LogP contribution >= 0.6 is 11.8 Å². The number of hydrogen-bond acceptors (Lipinski definition) is 5. The van der Waals surface area contributed by atoms with E-state index in [1.54, 1.807) is 22.1 Å². The molecular formula is C14H16N2O3S2. The zero-order chi connectivity index (χ0) is 14.7. The van der Waals surface area contributed by atoms with Crippen molar-refractivity contribution < 1.29 is 12.9 Å². The second-order valence-corrected chi connectivity index (χ2v) is 8.15. The molecule has 21 heavy (non-hydrogen) atoms. The molecule has 0 radical (unpaired) electrons. The monoisotopic (exact) mass is 324 g/mol. The number of rotatable bonds is 4. The zero-order valence-corrected chi connectivity index (χ0v) is 13.0. The maximum atomic E-state index is 12.5. The van der Waals surface area contributed by atoms with Gasteiger partial charge in [0, 0.05) is 30.2 Å². The summed E-state index contributed by atoms with van der Waals surface area (Å²) in [4.78, 5) is 0. The van der Waals surface area contributed by atoms with Gasteiger partial charge in [0.15, 0.2) is 0 Å². The molecule has 0 amide bonds. The van der Waals surface area contributed by atoms with Gasteiger partial charge >= 0.3 is 0 Å². The molecule has 2 aromatic rings. The largest absolute Gasteiger partial charge is 0.364 e. The molecule has 0 bridgehead atoms. The SMILES string of the molecule is O=S(=O)(Cc1ccon1)N1CCS[C@H](c2ccccc2)C1. The molecule has 3 rings (SSSR count). The van der Waals surface area contributed by atoms with Gasteiger partial charge in [0.25, 0.3) is 0 Å². The molecule has 1 fully saturated rings. The highest BCUT2D eigenvalue weighted by Gasteiger charge is 2.30. The summed E-state index contributed by atoms with van der Waals surface area (Å²) in [6.45, 7) is 1.06. The Hall–Kier alpha value is -1.31. The van der Waals surface area contributed by atoms with Crippen molar-refractivity contribution in [1.82, 2.24) is 9.46 Å². The quantitative estimate of drug-likeness (QED) is 0.863. The number of sulfonamides is 1. The van der Waals surface area contributed by atoms with Crippen molar-refractivity contribution in [1.29, 1.82) is 0 Å². The molecule has 0 spiro atoms. The van der Waals surface area contributed by atoms with E-state index in [4.69, 9.17) is 4.52 Å². The molecular weight excluding hydrogens is 308 g/mol. The van der Waals surface area contributed by atoms with E-state index in [1.807, 2.05) is 30.3 Å². The van der Waals surface area contributed by atoms with E-state index in [2.05, 4.69) is 5.16 Å². The summed E-state index contributed by atoms with van der Waals surface area (Å²) in [5.74, 6) is 0.702. The molecule has 1 aliphatic heterocycles. The van der Waals surface area contributed by atoms with E-state index in [1.165, 1.54) is 11.8 Å². The van der Waals surface area contributed by atoms with Crippen molar-refractivity contribution in [3.8, 4) is 0 Å². The second-order valence-electron chi connectivity index (χ2n) is 4.88. The van der Waals surface area contributed by atoms with Gasteiger partial charge < -0.3 is 4.52 Å². The molecule has 1 aromatic carbocycles. The molecule has 0 unspecified atom stereocenters. The van der Waals surface area contributed by atoms with Crippen LogP contribution in [0.4, 0.5) is 0 Å². The summed E-state index contributed by atoms with van der Waals surface area (Å²) < 4.78 is 31.2. The first-order chi connectivity index (χ1) is 10.1. The summed E-state index contributed by atoms with van der Waals surface area (Å²) in [6.07, 6.45) is 1.39. The summed E-state index contributed by atoms with van der Waals surface area (Å²) in [5.41, 5.74) is 1.62. The summed E-state index contributed by atoms with van der Waals surface area (Å²) in [7, 11) is -3.35. The third-order valence-electron chi connectivity index (χ3n) is 3.42. The van der Waals surface area contributed by atoms with Crippen LogP contribution in [0.15, 0.2) is 47.2 Å². The Morgan fingerprint density at radius 3 is 2.81 bits per heavy atom. The predicted octanol–water partition coefficient (Wildman–Crippen LogP) is 2.29. The normalized spacial score (nSPS) is 20.5. The Morgan fingerprint density at radius 1 is 1.29 bits per heavy atom. The Bertz CT molecular complexity index is 672. The first-order valence-electron chi connectivity index (χ1n) is 6.69. The maximum absolute atomic E-state index is 12.5. The van der Waals surface area contributed by atoms with Crippen molar-refractivity contribution in [3.63, 3.8) is 0 Å². The van der Waals surface area contributed by atoms with Crippen LogP contribution in [-0.2, 0) is 15.8 Å². The molecule has 0 saturated carbocycles. The Labute approximate surface area is 128 Å². The summed E-state index contributed by atoms with van der Waals surface area (Å²) in [6, 6.07) is 11.6. The van der Waals surface area contributed by atoms with Gasteiger partial charge in [0.05, 0.1) is 5.69 Å². The van der Waals surface area contributed by atoms with Gasteiger partial charge in [-0.05, 0) is 5.56 Å². The van der Waals surface area contributed by atoms with Crippen LogP contribution < -0.4 is 0 Å². The predicted molar refractivity (Wildman–Crippen MR) is 82.3 cm³/mol. The van der Waals surface area contributed by atoms with Gasteiger partial charge in [-0.15, -0.1) is 0 Å². The maximum Gasteiger partial charge on any atom is 0.220 e. The van der Waals surface area contributed by atoms with E-state index in [0.29, 0.717) is 18.8 Å². The molecule has 7 heteroatoms. The molecule has 1 aromatic heterocycles. The minimum Gasteiger partial charge on any atom is -0.364 e. The van der Waals surface area contributed by atoms with Gasteiger partial charge in [-0.3, -0.25) is 0 Å². The zero-order valence-electron chi connectivity index (χ0n) is 11.4. The Balaban J connectivity index is 1.73. The molecule has 112 valence electrons.